The topological polar surface area (TPSA) is 0 Å². The molecule has 0 radical (unpaired) electrons. The Morgan fingerprint density at radius 3 is 1.67 bits per heavy atom. The highest BCUT2D eigenvalue weighted by atomic mass is 19.1. The zero-order valence-electron chi connectivity index (χ0n) is 11.6. The van der Waals surface area contributed by atoms with Gasteiger partial charge in [0.15, 0.2) is 0 Å². The fraction of sp³-hybridized carbons (Fsp3) is 0. The quantitative estimate of drug-likeness (QED) is 0.587. The molecular formula is C20H15F. The lowest BCUT2D eigenvalue weighted by atomic mass is 9.97. The fourth-order valence-corrected chi connectivity index (χ4v) is 2.31. The molecule has 0 atom stereocenters. The first-order valence-electron chi connectivity index (χ1n) is 6.85. The maximum atomic E-state index is 13.0. The van der Waals surface area contributed by atoms with Crippen molar-refractivity contribution >= 4 is 5.57 Å². The van der Waals surface area contributed by atoms with Gasteiger partial charge in [-0.1, -0.05) is 73.3 Å². The molecule has 0 heterocycles. The number of hydrogen-bond acceptors (Lipinski definition) is 0. The van der Waals surface area contributed by atoms with Crippen LogP contribution < -0.4 is 0 Å². The van der Waals surface area contributed by atoms with Crippen LogP contribution in [0.5, 0.6) is 0 Å². The zero-order valence-corrected chi connectivity index (χ0v) is 11.6. The molecule has 0 spiro atoms. The molecule has 21 heavy (non-hydrogen) atoms. The molecule has 3 rings (SSSR count). The summed E-state index contributed by atoms with van der Waals surface area (Å²) in [5, 5.41) is 0. The van der Waals surface area contributed by atoms with E-state index >= 15 is 0 Å². The lowest BCUT2D eigenvalue weighted by Gasteiger charge is -2.08. The summed E-state index contributed by atoms with van der Waals surface area (Å²) >= 11 is 0. The molecule has 0 aliphatic heterocycles. The third-order valence-corrected chi connectivity index (χ3v) is 3.53. The summed E-state index contributed by atoms with van der Waals surface area (Å²) in [7, 11) is 0. The minimum absolute atomic E-state index is 0.231. The Morgan fingerprint density at radius 2 is 1.10 bits per heavy atom. The summed E-state index contributed by atoms with van der Waals surface area (Å²) in [4.78, 5) is 0. The summed E-state index contributed by atoms with van der Waals surface area (Å²) in [5.41, 5.74) is 5.24. The van der Waals surface area contributed by atoms with Crippen LogP contribution in [0.4, 0.5) is 4.39 Å². The number of halogens is 1. The van der Waals surface area contributed by atoms with Crippen molar-refractivity contribution in [3.05, 3.63) is 102 Å². The molecule has 3 aromatic rings. The van der Waals surface area contributed by atoms with Crippen molar-refractivity contribution in [3.8, 4) is 11.1 Å². The average molecular weight is 274 g/mol. The predicted octanol–water partition coefficient (Wildman–Crippen LogP) is 5.55. The van der Waals surface area contributed by atoms with Crippen LogP contribution in [0.15, 0.2) is 85.4 Å². The Morgan fingerprint density at radius 1 is 0.619 bits per heavy atom. The van der Waals surface area contributed by atoms with Gasteiger partial charge in [0.05, 0.1) is 0 Å². The molecule has 0 N–H and O–H groups in total. The minimum Gasteiger partial charge on any atom is -0.207 e. The van der Waals surface area contributed by atoms with Crippen molar-refractivity contribution in [2.24, 2.45) is 0 Å². The van der Waals surface area contributed by atoms with Crippen LogP contribution in [0.3, 0.4) is 0 Å². The van der Waals surface area contributed by atoms with Gasteiger partial charge in [0, 0.05) is 0 Å². The Bertz CT molecular complexity index is 738. The molecule has 3 aromatic carbocycles. The highest BCUT2D eigenvalue weighted by Crippen LogP contribution is 2.25. The molecule has 0 aliphatic rings. The third kappa shape index (κ3) is 2.92. The van der Waals surface area contributed by atoms with E-state index in [0.717, 1.165) is 16.7 Å². The molecule has 1 heteroatoms. The van der Waals surface area contributed by atoms with Gasteiger partial charge < -0.3 is 0 Å². The third-order valence-electron chi connectivity index (χ3n) is 3.53. The molecule has 0 unspecified atom stereocenters. The first-order chi connectivity index (χ1) is 10.2. The first kappa shape index (κ1) is 13.3. The normalized spacial score (nSPS) is 10.3. The van der Waals surface area contributed by atoms with Gasteiger partial charge in [0.25, 0.3) is 0 Å². The average Bonchev–Trinajstić information content (AvgIpc) is 2.56. The van der Waals surface area contributed by atoms with Crippen molar-refractivity contribution < 1.29 is 4.39 Å². The molecule has 0 saturated carbocycles. The minimum atomic E-state index is -0.231. The predicted molar refractivity (Wildman–Crippen MR) is 86.4 cm³/mol. The smallest absolute Gasteiger partial charge is 0.123 e. The van der Waals surface area contributed by atoms with Crippen molar-refractivity contribution in [2.75, 3.05) is 0 Å². The van der Waals surface area contributed by atoms with Gasteiger partial charge >= 0.3 is 0 Å². The highest BCUT2D eigenvalue weighted by Gasteiger charge is 2.03. The van der Waals surface area contributed by atoms with Gasteiger partial charge in [-0.3, -0.25) is 0 Å². The van der Waals surface area contributed by atoms with Gasteiger partial charge in [0.2, 0.25) is 0 Å². The monoisotopic (exact) mass is 274 g/mol. The van der Waals surface area contributed by atoms with Crippen LogP contribution in [0.25, 0.3) is 16.7 Å². The molecule has 0 aromatic heterocycles. The van der Waals surface area contributed by atoms with E-state index in [1.165, 1.54) is 23.3 Å². The second-order valence-electron chi connectivity index (χ2n) is 4.93. The number of benzene rings is 3. The molecule has 0 saturated heterocycles. The van der Waals surface area contributed by atoms with Gasteiger partial charge in [-0.15, -0.1) is 0 Å². The molecule has 0 nitrogen and oxygen atoms in total. The van der Waals surface area contributed by atoms with E-state index in [4.69, 9.17) is 0 Å². The van der Waals surface area contributed by atoms with Crippen LogP contribution in [0, 0.1) is 5.82 Å². The Hall–Kier alpha value is -2.67. The standard InChI is InChI=1S/C20H15F/c1-15(17-11-13-20(21)14-12-17)16-7-9-19(10-8-16)18-5-3-2-4-6-18/h2-14H,1H2. The van der Waals surface area contributed by atoms with E-state index in [9.17, 15) is 4.39 Å². The van der Waals surface area contributed by atoms with E-state index in [1.807, 2.05) is 30.3 Å². The molecule has 0 bridgehead atoms. The molecule has 0 aliphatic carbocycles. The van der Waals surface area contributed by atoms with Crippen molar-refractivity contribution in [3.63, 3.8) is 0 Å². The van der Waals surface area contributed by atoms with E-state index in [-0.39, 0.29) is 5.82 Å². The van der Waals surface area contributed by atoms with Gasteiger partial charge in [0.1, 0.15) is 5.82 Å². The maximum absolute atomic E-state index is 13.0. The molecule has 0 amide bonds. The van der Waals surface area contributed by atoms with Gasteiger partial charge in [-0.2, -0.15) is 0 Å². The first-order valence-corrected chi connectivity index (χ1v) is 6.85. The van der Waals surface area contributed by atoms with Crippen LogP contribution >= 0.6 is 0 Å². The Balaban J connectivity index is 1.87. The van der Waals surface area contributed by atoms with Crippen LogP contribution in [-0.2, 0) is 0 Å². The second kappa shape index (κ2) is 5.76. The lowest BCUT2D eigenvalue weighted by molar-refractivity contribution is 0.627. The van der Waals surface area contributed by atoms with Gasteiger partial charge in [-0.25, -0.2) is 4.39 Å². The fourth-order valence-electron chi connectivity index (χ4n) is 2.31. The summed E-state index contributed by atoms with van der Waals surface area (Å²) in [5.74, 6) is -0.231. The summed E-state index contributed by atoms with van der Waals surface area (Å²) < 4.78 is 13.0. The van der Waals surface area contributed by atoms with E-state index in [2.05, 4.69) is 30.8 Å². The number of rotatable bonds is 3. The maximum Gasteiger partial charge on any atom is 0.123 e. The van der Waals surface area contributed by atoms with E-state index in [1.54, 1.807) is 12.1 Å². The van der Waals surface area contributed by atoms with Crippen molar-refractivity contribution in [1.82, 2.24) is 0 Å². The van der Waals surface area contributed by atoms with Crippen LogP contribution in [-0.4, -0.2) is 0 Å². The largest absolute Gasteiger partial charge is 0.207 e. The van der Waals surface area contributed by atoms with Crippen molar-refractivity contribution in [1.29, 1.82) is 0 Å². The van der Waals surface area contributed by atoms with Crippen molar-refractivity contribution in [2.45, 2.75) is 0 Å². The van der Waals surface area contributed by atoms with E-state index < -0.39 is 0 Å². The molecule has 102 valence electrons. The Labute approximate surface area is 124 Å². The Kier molecular flexibility index (Phi) is 3.65. The van der Waals surface area contributed by atoms with Crippen LogP contribution in [0.1, 0.15) is 11.1 Å². The number of hydrogen-bond donors (Lipinski definition) is 0. The SMILES string of the molecule is C=C(c1ccc(F)cc1)c1ccc(-c2ccccc2)cc1. The van der Waals surface area contributed by atoms with Crippen LogP contribution in [0.2, 0.25) is 0 Å². The second-order valence-corrected chi connectivity index (χ2v) is 4.93. The summed E-state index contributed by atoms with van der Waals surface area (Å²) in [6, 6.07) is 24.9. The molecule has 0 fully saturated rings. The molecular weight excluding hydrogens is 259 g/mol. The van der Waals surface area contributed by atoms with Gasteiger partial charge in [-0.05, 0) is 40.0 Å². The highest BCUT2D eigenvalue weighted by molar-refractivity contribution is 5.79. The van der Waals surface area contributed by atoms with E-state index in [0.29, 0.717) is 0 Å². The summed E-state index contributed by atoms with van der Waals surface area (Å²) in [6.07, 6.45) is 0. The summed E-state index contributed by atoms with van der Waals surface area (Å²) in [6.45, 7) is 4.10. The lowest BCUT2D eigenvalue weighted by Crippen LogP contribution is -1.87. The zero-order chi connectivity index (χ0) is 14.7.